The van der Waals surface area contributed by atoms with Crippen LogP contribution in [0.2, 0.25) is 5.02 Å². The van der Waals surface area contributed by atoms with E-state index in [2.05, 4.69) is 28.2 Å². The summed E-state index contributed by atoms with van der Waals surface area (Å²) in [5, 5.41) is 13.2. The molecule has 1 aliphatic carbocycles. The highest BCUT2D eigenvalue weighted by atomic mass is 79.9. The van der Waals surface area contributed by atoms with Crippen LogP contribution in [0.1, 0.15) is 32.6 Å². The van der Waals surface area contributed by atoms with E-state index in [-0.39, 0.29) is 5.92 Å². The van der Waals surface area contributed by atoms with Gasteiger partial charge in [-0.15, -0.1) is 0 Å². The Morgan fingerprint density at radius 1 is 1.40 bits per heavy atom. The van der Waals surface area contributed by atoms with Crippen molar-refractivity contribution in [3.8, 4) is 0 Å². The summed E-state index contributed by atoms with van der Waals surface area (Å²) in [5.41, 5.74) is 0.785. The van der Waals surface area contributed by atoms with Crippen molar-refractivity contribution in [3.63, 3.8) is 0 Å². The first-order valence-corrected chi connectivity index (χ1v) is 8.09. The molecule has 1 aliphatic rings. The minimum Gasteiger partial charge on any atom is -0.480 e. The summed E-state index contributed by atoms with van der Waals surface area (Å²) in [6.45, 7) is 2.23. The number of carboxylic acids is 1. The van der Waals surface area contributed by atoms with Gasteiger partial charge in [0.15, 0.2) is 0 Å². The number of nitrogens with one attached hydrogen (secondary N) is 1. The van der Waals surface area contributed by atoms with Crippen molar-refractivity contribution in [2.45, 2.75) is 38.6 Å². The third-order valence-electron chi connectivity index (χ3n) is 4.04. The van der Waals surface area contributed by atoms with Gasteiger partial charge in [-0.05, 0) is 58.8 Å². The summed E-state index contributed by atoms with van der Waals surface area (Å²) in [4.78, 5) is 11.5. The van der Waals surface area contributed by atoms with E-state index >= 15 is 0 Å². The summed E-state index contributed by atoms with van der Waals surface area (Å²) < 4.78 is 0.769. The third-order valence-corrected chi connectivity index (χ3v) is 5.25. The summed E-state index contributed by atoms with van der Waals surface area (Å²) in [6, 6.07) is 4.86. The normalized spacial score (nSPS) is 24.1. The van der Waals surface area contributed by atoms with Crippen LogP contribution in [-0.4, -0.2) is 17.1 Å². The topological polar surface area (TPSA) is 49.3 Å². The maximum absolute atomic E-state index is 11.5. The molecule has 2 rings (SSSR count). The average Bonchev–Trinajstić information content (AvgIpc) is 2.41. The lowest BCUT2D eigenvalue weighted by Gasteiger charge is -2.31. The quantitative estimate of drug-likeness (QED) is 0.811. The second-order valence-corrected chi connectivity index (χ2v) is 6.87. The van der Waals surface area contributed by atoms with Crippen LogP contribution in [-0.2, 0) is 4.79 Å². The molecule has 0 aromatic heterocycles. The minimum absolute atomic E-state index is 0.193. The molecule has 0 heterocycles. The number of carboxylic acid groups (broad SMARTS) is 1. The number of anilines is 1. The van der Waals surface area contributed by atoms with E-state index in [0.29, 0.717) is 10.9 Å². The third kappa shape index (κ3) is 3.89. The van der Waals surface area contributed by atoms with E-state index in [1.807, 2.05) is 12.1 Å². The zero-order chi connectivity index (χ0) is 14.7. The van der Waals surface area contributed by atoms with Gasteiger partial charge in [-0.25, -0.2) is 4.79 Å². The van der Waals surface area contributed by atoms with Gasteiger partial charge in [0.1, 0.15) is 6.04 Å². The van der Waals surface area contributed by atoms with Gasteiger partial charge in [0.05, 0.1) is 5.02 Å². The number of halogens is 2. The van der Waals surface area contributed by atoms with Gasteiger partial charge in [-0.3, -0.25) is 0 Å². The average molecular weight is 361 g/mol. The first-order chi connectivity index (χ1) is 9.47. The zero-order valence-corrected chi connectivity index (χ0v) is 13.7. The van der Waals surface area contributed by atoms with Gasteiger partial charge in [-0.1, -0.05) is 31.4 Å². The molecule has 0 radical (unpaired) electrons. The lowest BCUT2D eigenvalue weighted by atomic mass is 9.79. The molecule has 0 aliphatic heterocycles. The van der Waals surface area contributed by atoms with Crippen molar-refractivity contribution < 1.29 is 9.90 Å². The minimum atomic E-state index is -0.782. The van der Waals surface area contributed by atoms with E-state index in [0.717, 1.165) is 35.8 Å². The lowest BCUT2D eigenvalue weighted by molar-refractivity contribution is -0.139. The largest absolute Gasteiger partial charge is 0.480 e. The molecular weight excluding hydrogens is 342 g/mol. The summed E-state index contributed by atoms with van der Waals surface area (Å²) in [5.74, 6) is 0.124. The van der Waals surface area contributed by atoms with E-state index < -0.39 is 12.0 Å². The molecular formula is C15H19BrClNO2. The number of aliphatic carboxylic acids is 1. The molecule has 2 N–H and O–H groups in total. The van der Waals surface area contributed by atoms with Crippen molar-refractivity contribution >= 4 is 39.2 Å². The predicted molar refractivity (Wildman–Crippen MR) is 85.3 cm³/mol. The van der Waals surface area contributed by atoms with Crippen LogP contribution in [0, 0.1) is 11.8 Å². The Morgan fingerprint density at radius 2 is 2.05 bits per heavy atom. The van der Waals surface area contributed by atoms with Crippen LogP contribution < -0.4 is 5.32 Å². The fourth-order valence-electron chi connectivity index (χ4n) is 2.77. The standard InChI is InChI=1S/C15H19BrClNO2/c1-9-2-4-10(5-3-9)14(15(19)20)18-11-6-7-13(17)12(16)8-11/h6-10,14,18H,2-5H2,1H3,(H,19,20). The molecule has 1 aromatic rings. The molecule has 1 aromatic carbocycles. The van der Waals surface area contributed by atoms with Crippen molar-refractivity contribution in [3.05, 3.63) is 27.7 Å². The molecule has 1 fully saturated rings. The van der Waals surface area contributed by atoms with Crippen LogP contribution >= 0.6 is 27.5 Å². The molecule has 0 amide bonds. The molecule has 1 atom stereocenters. The van der Waals surface area contributed by atoms with Crippen molar-refractivity contribution in [1.82, 2.24) is 0 Å². The molecule has 1 unspecified atom stereocenters. The molecule has 3 nitrogen and oxygen atoms in total. The van der Waals surface area contributed by atoms with E-state index in [1.165, 1.54) is 0 Å². The van der Waals surface area contributed by atoms with Gasteiger partial charge in [0, 0.05) is 10.2 Å². The van der Waals surface area contributed by atoms with Crippen molar-refractivity contribution in [1.29, 1.82) is 0 Å². The first-order valence-electron chi connectivity index (χ1n) is 6.91. The van der Waals surface area contributed by atoms with Crippen molar-refractivity contribution in [2.24, 2.45) is 11.8 Å². The van der Waals surface area contributed by atoms with Gasteiger partial charge < -0.3 is 10.4 Å². The number of carbonyl (C=O) groups is 1. The summed E-state index contributed by atoms with van der Waals surface area (Å²) >= 11 is 9.31. The van der Waals surface area contributed by atoms with Crippen LogP contribution in [0.3, 0.4) is 0 Å². The second-order valence-electron chi connectivity index (χ2n) is 5.61. The highest BCUT2D eigenvalue weighted by Crippen LogP contribution is 2.33. The smallest absolute Gasteiger partial charge is 0.326 e. The Labute approximate surface area is 132 Å². The fourth-order valence-corrected chi connectivity index (χ4v) is 3.26. The Kier molecular flexibility index (Phi) is 5.33. The highest BCUT2D eigenvalue weighted by Gasteiger charge is 2.31. The second kappa shape index (κ2) is 6.81. The van der Waals surface area contributed by atoms with Gasteiger partial charge >= 0.3 is 5.97 Å². The number of hydrogen-bond donors (Lipinski definition) is 2. The van der Waals surface area contributed by atoms with Gasteiger partial charge in [0.25, 0.3) is 0 Å². The van der Waals surface area contributed by atoms with E-state index in [9.17, 15) is 9.90 Å². The SMILES string of the molecule is CC1CCC(C(Nc2ccc(Cl)c(Br)c2)C(=O)O)CC1. The first kappa shape index (κ1) is 15.6. The highest BCUT2D eigenvalue weighted by molar-refractivity contribution is 9.10. The van der Waals surface area contributed by atoms with E-state index in [4.69, 9.17) is 11.6 Å². The summed E-state index contributed by atoms with van der Waals surface area (Å²) in [6.07, 6.45) is 4.17. The Bertz CT molecular complexity index is 487. The molecule has 20 heavy (non-hydrogen) atoms. The van der Waals surface area contributed by atoms with Crippen LogP contribution in [0.4, 0.5) is 5.69 Å². The number of benzene rings is 1. The number of hydrogen-bond acceptors (Lipinski definition) is 2. The Hall–Kier alpha value is -0.740. The molecule has 110 valence electrons. The van der Waals surface area contributed by atoms with Gasteiger partial charge in [-0.2, -0.15) is 0 Å². The lowest BCUT2D eigenvalue weighted by Crippen LogP contribution is -2.38. The monoisotopic (exact) mass is 359 g/mol. The van der Waals surface area contributed by atoms with Crippen LogP contribution in [0.5, 0.6) is 0 Å². The Morgan fingerprint density at radius 3 is 2.60 bits per heavy atom. The number of rotatable bonds is 4. The molecule has 1 saturated carbocycles. The predicted octanol–water partition coefficient (Wildman–Crippen LogP) is 4.79. The maximum Gasteiger partial charge on any atom is 0.326 e. The fraction of sp³-hybridized carbons (Fsp3) is 0.533. The molecule has 0 spiro atoms. The summed E-state index contributed by atoms with van der Waals surface area (Å²) in [7, 11) is 0. The van der Waals surface area contributed by atoms with Crippen LogP contribution in [0.15, 0.2) is 22.7 Å². The molecule has 5 heteroatoms. The van der Waals surface area contributed by atoms with Crippen LogP contribution in [0.25, 0.3) is 0 Å². The zero-order valence-electron chi connectivity index (χ0n) is 11.4. The van der Waals surface area contributed by atoms with Gasteiger partial charge in [0.2, 0.25) is 0 Å². The van der Waals surface area contributed by atoms with Crippen molar-refractivity contribution in [2.75, 3.05) is 5.32 Å². The molecule has 0 bridgehead atoms. The Balaban J connectivity index is 2.09. The van der Waals surface area contributed by atoms with E-state index in [1.54, 1.807) is 6.07 Å². The maximum atomic E-state index is 11.5. The molecule has 0 saturated heterocycles.